The predicted molar refractivity (Wildman–Crippen MR) is 98.3 cm³/mol. The number of hydrogen-bond donors (Lipinski definition) is 1. The number of rotatable bonds is 6. The van der Waals surface area contributed by atoms with E-state index in [0.717, 1.165) is 23.1 Å². The van der Waals surface area contributed by atoms with Crippen LogP contribution in [0.2, 0.25) is 0 Å². The Labute approximate surface area is 157 Å². The van der Waals surface area contributed by atoms with Crippen molar-refractivity contribution in [2.24, 2.45) is 0 Å². The van der Waals surface area contributed by atoms with Crippen molar-refractivity contribution in [2.75, 3.05) is 11.1 Å². The largest absolute Gasteiger partial charge is 0.325 e. The van der Waals surface area contributed by atoms with Crippen molar-refractivity contribution in [1.29, 1.82) is 0 Å². The number of hydrogen-bond acceptors (Lipinski definition) is 5. The van der Waals surface area contributed by atoms with Gasteiger partial charge in [0, 0.05) is 29.0 Å². The van der Waals surface area contributed by atoms with Crippen LogP contribution in [0.1, 0.15) is 0 Å². The minimum absolute atomic E-state index is 0.0408. The van der Waals surface area contributed by atoms with Crippen molar-refractivity contribution in [3.8, 4) is 0 Å². The first kappa shape index (κ1) is 18.3. The SMILES string of the molecule is O=C(CSc1nccnc1Sc1ccccc1)Nc1cc(F)cc(F)c1. The van der Waals surface area contributed by atoms with Crippen molar-refractivity contribution in [3.05, 3.63) is 72.6 Å². The Bertz CT molecular complexity index is 890. The third-order valence-electron chi connectivity index (χ3n) is 3.08. The number of aromatic nitrogens is 2. The Morgan fingerprint density at radius 1 is 0.962 bits per heavy atom. The number of halogens is 2. The molecule has 0 aliphatic rings. The summed E-state index contributed by atoms with van der Waals surface area (Å²) in [7, 11) is 0. The van der Waals surface area contributed by atoms with E-state index in [4.69, 9.17) is 0 Å². The van der Waals surface area contributed by atoms with Crippen molar-refractivity contribution >= 4 is 35.1 Å². The molecule has 1 N–H and O–H groups in total. The lowest BCUT2D eigenvalue weighted by Gasteiger charge is -2.08. The second-order valence-corrected chi connectivity index (χ2v) is 7.10. The molecule has 2 aromatic carbocycles. The van der Waals surface area contributed by atoms with E-state index in [1.807, 2.05) is 30.3 Å². The molecule has 0 fully saturated rings. The summed E-state index contributed by atoms with van der Waals surface area (Å²) in [6, 6.07) is 12.6. The molecule has 4 nitrogen and oxygen atoms in total. The standard InChI is InChI=1S/C18H13F2N3OS2/c19-12-8-13(20)10-14(9-12)23-16(24)11-25-17-18(22-7-6-21-17)26-15-4-2-1-3-5-15/h1-10H,11H2,(H,23,24). The number of carbonyl (C=O) groups is 1. The summed E-state index contributed by atoms with van der Waals surface area (Å²) in [5.41, 5.74) is 0.0751. The zero-order chi connectivity index (χ0) is 18.4. The molecule has 1 heterocycles. The first-order valence-electron chi connectivity index (χ1n) is 7.53. The molecule has 0 spiro atoms. The maximum atomic E-state index is 13.2. The Morgan fingerprint density at radius 3 is 2.31 bits per heavy atom. The fourth-order valence-corrected chi connectivity index (χ4v) is 3.76. The van der Waals surface area contributed by atoms with Crippen LogP contribution in [0.15, 0.2) is 75.9 Å². The molecule has 0 saturated carbocycles. The van der Waals surface area contributed by atoms with Crippen LogP contribution in [-0.4, -0.2) is 21.6 Å². The molecule has 1 amide bonds. The summed E-state index contributed by atoms with van der Waals surface area (Å²) in [5, 5.41) is 3.77. The average Bonchev–Trinajstić information content (AvgIpc) is 2.61. The smallest absolute Gasteiger partial charge is 0.234 e. The molecule has 3 rings (SSSR count). The van der Waals surface area contributed by atoms with E-state index in [2.05, 4.69) is 15.3 Å². The average molecular weight is 389 g/mol. The van der Waals surface area contributed by atoms with E-state index < -0.39 is 11.6 Å². The summed E-state index contributed by atoms with van der Waals surface area (Å²) in [6.45, 7) is 0. The Balaban J connectivity index is 1.63. The van der Waals surface area contributed by atoms with Gasteiger partial charge in [-0.15, -0.1) is 0 Å². The van der Waals surface area contributed by atoms with Crippen LogP contribution in [0.5, 0.6) is 0 Å². The lowest BCUT2D eigenvalue weighted by molar-refractivity contribution is -0.113. The second-order valence-electron chi connectivity index (χ2n) is 5.08. The highest BCUT2D eigenvalue weighted by Gasteiger charge is 2.11. The number of carbonyl (C=O) groups excluding carboxylic acids is 1. The van der Waals surface area contributed by atoms with Crippen molar-refractivity contribution in [1.82, 2.24) is 9.97 Å². The molecule has 3 aromatic rings. The second kappa shape index (κ2) is 8.77. The lowest BCUT2D eigenvalue weighted by Crippen LogP contribution is -2.14. The fourth-order valence-electron chi connectivity index (χ4n) is 2.04. The molecule has 0 aliphatic carbocycles. The van der Waals surface area contributed by atoms with Crippen LogP contribution >= 0.6 is 23.5 Å². The summed E-state index contributed by atoms with van der Waals surface area (Å²) in [4.78, 5) is 21.6. The van der Waals surface area contributed by atoms with Crippen LogP contribution in [0.4, 0.5) is 14.5 Å². The molecule has 0 bridgehead atoms. The quantitative estimate of drug-likeness (QED) is 0.623. The molecule has 0 unspecified atom stereocenters. The number of nitrogens with zero attached hydrogens (tertiary/aromatic N) is 2. The Kier molecular flexibility index (Phi) is 6.19. The van der Waals surface area contributed by atoms with Crippen molar-refractivity contribution in [3.63, 3.8) is 0 Å². The van der Waals surface area contributed by atoms with Gasteiger partial charge in [0.25, 0.3) is 0 Å². The third-order valence-corrected chi connectivity index (χ3v) is 5.19. The van der Waals surface area contributed by atoms with Gasteiger partial charge in [-0.05, 0) is 24.3 Å². The monoisotopic (exact) mass is 389 g/mol. The van der Waals surface area contributed by atoms with Gasteiger partial charge in [-0.25, -0.2) is 18.7 Å². The Hall–Kier alpha value is -2.45. The van der Waals surface area contributed by atoms with Crippen LogP contribution in [-0.2, 0) is 4.79 Å². The zero-order valence-electron chi connectivity index (χ0n) is 13.4. The molecule has 0 aliphatic heterocycles. The van der Waals surface area contributed by atoms with Gasteiger partial charge in [0.1, 0.15) is 21.7 Å². The zero-order valence-corrected chi connectivity index (χ0v) is 15.0. The van der Waals surface area contributed by atoms with Gasteiger partial charge < -0.3 is 5.32 Å². The van der Waals surface area contributed by atoms with E-state index in [1.165, 1.54) is 23.5 Å². The van der Waals surface area contributed by atoms with Gasteiger partial charge in [-0.3, -0.25) is 4.79 Å². The topological polar surface area (TPSA) is 54.9 Å². The van der Waals surface area contributed by atoms with E-state index in [9.17, 15) is 13.6 Å². The van der Waals surface area contributed by atoms with Crippen LogP contribution in [0, 0.1) is 11.6 Å². The minimum atomic E-state index is -0.747. The number of benzene rings is 2. The summed E-state index contributed by atoms with van der Waals surface area (Å²) in [6.07, 6.45) is 3.14. The van der Waals surface area contributed by atoms with E-state index in [1.54, 1.807) is 12.4 Å². The highest BCUT2D eigenvalue weighted by Crippen LogP contribution is 2.32. The molecule has 26 heavy (non-hydrogen) atoms. The molecule has 0 atom stereocenters. The van der Waals surface area contributed by atoms with Crippen LogP contribution < -0.4 is 5.32 Å². The molecular weight excluding hydrogens is 376 g/mol. The summed E-state index contributed by atoms with van der Waals surface area (Å²) >= 11 is 2.66. The van der Waals surface area contributed by atoms with E-state index >= 15 is 0 Å². The highest BCUT2D eigenvalue weighted by atomic mass is 32.2. The van der Waals surface area contributed by atoms with Gasteiger partial charge in [0.2, 0.25) is 5.91 Å². The fraction of sp³-hybridized carbons (Fsp3) is 0.0556. The maximum Gasteiger partial charge on any atom is 0.234 e. The molecule has 0 saturated heterocycles. The molecule has 0 radical (unpaired) electrons. The number of nitrogens with one attached hydrogen (secondary N) is 1. The number of thioether (sulfide) groups is 1. The maximum absolute atomic E-state index is 13.2. The predicted octanol–water partition coefficient (Wildman–Crippen LogP) is 4.64. The van der Waals surface area contributed by atoms with Gasteiger partial charge in [-0.2, -0.15) is 0 Å². The summed E-state index contributed by atoms with van der Waals surface area (Å²) in [5.74, 6) is -1.84. The molecule has 132 valence electrons. The van der Waals surface area contributed by atoms with E-state index in [-0.39, 0.29) is 17.3 Å². The third kappa shape index (κ3) is 5.27. The summed E-state index contributed by atoms with van der Waals surface area (Å²) < 4.78 is 26.3. The number of anilines is 1. The van der Waals surface area contributed by atoms with Gasteiger partial charge >= 0.3 is 0 Å². The molecule has 1 aromatic heterocycles. The van der Waals surface area contributed by atoms with E-state index in [0.29, 0.717) is 10.1 Å². The van der Waals surface area contributed by atoms with Crippen LogP contribution in [0.25, 0.3) is 0 Å². The Morgan fingerprint density at radius 2 is 1.62 bits per heavy atom. The molecule has 8 heteroatoms. The first-order valence-corrected chi connectivity index (χ1v) is 9.33. The van der Waals surface area contributed by atoms with Crippen LogP contribution in [0.3, 0.4) is 0 Å². The lowest BCUT2D eigenvalue weighted by atomic mass is 10.3. The highest BCUT2D eigenvalue weighted by molar-refractivity contribution is 8.02. The molecular formula is C18H13F2N3OS2. The van der Waals surface area contributed by atoms with Gasteiger partial charge in [0.05, 0.1) is 5.75 Å². The van der Waals surface area contributed by atoms with Crippen molar-refractivity contribution < 1.29 is 13.6 Å². The van der Waals surface area contributed by atoms with Gasteiger partial charge in [0.15, 0.2) is 0 Å². The minimum Gasteiger partial charge on any atom is -0.325 e. The first-order chi connectivity index (χ1) is 12.6. The van der Waals surface area contributed by atoms with Gasteiger partial charge in [-0.1, -0.05) is 41.7 Å². The number of amides is 1. The van der Waals surface area contributed by atoms with Crippen molar-refractivity contribution in [2.45, 2.75) is 14.9 Å². The normalized spacial score (nSPS) is 10.5.